The zero-order valence-corrected chi connectivity index (χ0v) is 15.9. The van der Waals surface area contributed by atoms with Gasteiger partial charge in [-0.05, 0) is 69.3 Å². The molecular weight excluding hydrogens is 328 g/mol. The van der Waals surface area contributed by atoms with Crippen LogP contribution in [0.1, 0.15) is 65.2 Å². The van der Waals surface area contributed by atoms with Crippen molar-refractivity contribution in [1.29, 1.82) is 0 Å². The topological polar surface area (TPSA) is 77.8 Å². The van der Waals surface area contributed by atoms with E-state index in [1.807, 2.05) is 13.0 Å². The molecule has 26 heavy (non-hydrogen) atoms. The normalized spacial score (nSPS) is 30.7. The Labute approximate surface area is 157 Å². The largest absolute Gasteiger partial charge is 0.512 e. The van der Waals surface area contributed by atoms with E-state index in [1.165, 1.54) is 5.57 Å². The average Bonchev–Trinajstić information content (AvgIpc) is 3.10. The van der Waals surface area contributed by atoms with Crippen LogP contribution >= 0.6 is 0 Å². The predicted molar refractivity (Wildman–Crippen MR) is 102 cm³/mol. The van der Waals surface area contributed by atoms with Gasteiger partial charge in [-0.25, -0.2) is 0 Å². The molecule has 2 aliphatic carbocycles. The summed E-state index contributed by atoms with van der Waals surface area (Å²) in [4.78, 5) is 10.6. The van der Waals surface area contributed by atoms with Crippen LogP contribution in [0.5, 0.6) is 0 Å². The van der Waals surface area contributed by atoms with E-state index < -0.39 is 12.1 Å². The molecule has 1 unspecified atom stereocenters. The third kappa shape index (κ3) is 5.64. The number of aliphatic hydroxyl groups is 2. The van der Waals surface area contributed by atoms with Crippen LogP contribution in [0.4, 0.5) is 0 Å². The van der Waals surface area contributed by atoms with Crippen molar-refractivity contribution in [3.05, 3.63) is 23.5 Å². The minimum Gasteiger partial charge on any atom is -0.512 e. The van der Waals surface area contributed by atoms with E-state index >= 15 is 0 Å². The summed E-state index contributed by atoms with van der Waals surface area (Å²) in [5.74, 6) is 6.53. The average molecular weight is 360 g/mol. The highest BCUT2D eigenvalue weighted by atomic mass is 16.4. The molecule has 144 valence electrons. The maximum absolute atomic E-state index is 10.6. The van der Waals surface area contributed by atoms with Gasteiger partial charge >= 0.3 is 5.97 Å². The van der Waals surface area contributed by atoms with E-state index in [4.69, 9.17) is 5.11 Å². The molecule has 0 bridgehead atoms. The van der Waals surface area contributed by atoms with Crippen molar-refractivity contribution in [2.45, 2.75) is 71.3 Å². The lowest BCUT2D eigenvalue weighted by atomic mass is 9.88. The molecule has 3 N–H and O–H groups in total. The van der Waals surface area contributed by atoms with Crippen molar-refractivity contribution in [3.8, 4) is 11.8 Å². The Morgan fingerprint density at radius 1 is 1.35 bits per heavy atom. The van der Waals surface area contributed by atoms with Gasteiger partial charge in [-0.3, -0.25) is 4.79 Å². The molecule has 2 saturated carbocycles. The van der Waals surface area contributed by atoms with E-state index in [1.54, 1.807) is 0 Å². The predicted octanol–water partition coefficient (Wildman–Crippen LogP) is 4.46. The fourth-order valence-electron chi connectivity index (χ4n) is 4.42. The molecule has 0 aromatic carbocycles. The van der Waals surface area contributed by atoms with Crippen LogP contribution in [0.3, 0.4) is 0 Å². The smallest absolute Gasteiger partial charge is 0.303 e. The molecule has 0 aromatic heterocycles. The van der Waals surface area contributed by atoms with Gasteiger partial charge in [-0.1, -0.05) is 18.6 Å². The molecule has 4 heteroatoms. The number of carbonyl (C=O) groups is 1. The minimum atomic E-state index is -0.746. The number of allylic oxidation sites excluding steroid dienone is 3. The van der Waals surface area contributed by atoms with E-state index in [-0.39, 0.29) is 12.3 Å². The summed E-state index contributed by atoms with van der Waals surface area (Å²) in [5.41, 5.74) is 1.36. The third-order valence-corrected chi connectivity index (χ3v) is 5.77. The first-order valence-corrected chi connectivity index (χ1v) is 9.78. The van der Waals surface area contributed by atoms with Gasteiger partial charge in [0, 0.05) is 18.8 Å². The molecule has 0 heterocycles. The fourth-order valence-corrected chi connectivity index (χ4v) is 4.42. The van der Waals surface area contributed by atoms with Crippen molar-refractivity contribution in [2.24, 2.45) is 23.7 Å². The molecule has 2 aliphatic rings. The van der Waals surface area contributed by atoms with Gasteiger partial charge in [-0.2, -0.15) is 0 Å². The Balaban J connectivity index is 1.92. The highest BCUT2D eigenvalue weighted by molar-refractivity contribution is 5.66. The number of rotatable bonds is 8. The maximum atomic E-state index is 10.6. The molecule has 0 spiro atoms. The number of aliphatic carboxylic acids is 1. The zero-order valence-electron chi connectivity index (χ0n) is 15.9. The van der Waals surface area contributed by atoms with Crippen molar-refractivity contribution < 1.29 is 20.1 Å². The highest BCUT2D eigenvalue weighted by Gasteiger charge is 2.47. The molecular formula is C22H32O4. The zero-order chi connectivity index (χ0) is 19.1. The van der Waals surface area contributed by atoms with Crippen molar-refractivity contribution in [2.75, 3.05) is 0 Å². The summed E-state index contributed by atoms with van der Waals surface area (Å²) < 4.78 is 0. The molecule has 2 rings (SSSR count). The van der Waals surface area contributed by atoms with Crippen LogP contribution in [0, 0.1) is 35.5 Å². The van der Waals surface area contributed by atoms with Crippen LogP contribution in [0.15, 0.2) is 23.5 Å². The lowest BCUT2D eigenvalue weighted by molar-refractivity contribution is -0.137. The van der Waals surface area contributed by atoms with Crippen LogP contribution in [-0.4, -0.2) is 27.4 Å². The Kier molecular flexibility index (Phi) is 7.78. The number of carboxylic acid groups (broad SMARTS) is 1. The number of hydrogen-bond acceptors (Lipinski definition) is 3. The van der Waals surface area contributed by atoms with E-state index in [9.17, 15) is 15.0 Å². The molecule has 0 radical (unpaired) electrons. The quantitative estimate of drug-likeness (QED) is 0.258. The first-order valence-electron chi connectivity index (χ1n) is 9.78. The molecule has 4 nitrogen and oxygen atoms in total. The maximum Gasteiger partial charge on any atom is 0.303 e. The van der Waals surface area contributed by atoms with Crippen molar-refractivity contribution >= 4 is 5.97 Å². The molecule has 0 aromatic rings. The van der Waals surface area contributed by atoms with Crippen LogP contribution in [0.25, 0.3) is 0 Å². The van der Waals surface area contributed by atoms with Gasteiger partial charge in [0.1, 0.15) is 0 Å². The molecule has 5 atom stereocenters. The first-order chi connectivity index (χ1) is 12.4. The number of carboxylic acids is 1. The summed E-state index contributed by atoms with van der Waals surface area (Å²) in [7, 11) is 0. The van der Waals surface area contributed by atoms with Gasteiger partial charge in [0.15, 0.2) is 0 Å². The van der Waals surface area contributed by atoms with Crippen LogP contribution < -0.4 is 0 Å². The molecule has 2 fully saturated rings. The summed E-state index contributed by atoms with van der Waals surface area (Å²) in [6.45, 7) is 3.96. The SMILES string of the molecule is CC#CCC(C)C/C=C(/O)[C@@H]1[C@H]2C/C(=C/CCCC(=O)O)C[C@H]2C[C@H]1O. The van der Waals surface area contributed by atoms with E-state index in [0.29, 0.717) is 29.9 Å². The Morgan fingerprint density at radius 3 is 2.81 bits per heavy atom. The van der Waals surface area contributed by atoms with Gasteiger partial charge in [-0.15, -0.1) is 11.8 Å². The van der Waals surface area contributed by atoms with Crippen LogP contribution in [-0.2, 0) is 4.79 Å². The number of aliphatic hydroxyl groups excluding tert-OH is 2. The molecule has 0 saturated heterocycles. The highest BCUT2D eigenvalue weighted by Crippen LogP contribution is 2.52. The van der Waals surface area contributed by atoms with Gasteiger partial charge in [0.05, 0.1) is 11.9 Å². The number of hydrogen-bond donors (Lipinski definition) is 3. The van der Waals surface area contributed by atoms with Crippen molar-refractivity contribution in [3.63, 3.8) is 0 Å². The summed E-state index contributed by atoms with van der Waals surface area (Å²) >= 11 is 0. The summed E-state index contributed by atoms with van der Waals surface area (Å²) in [5, 5.41) is 29.7. The second-order valence-electron chi connectivity index (χ2n) is 7.91. The lowest BCUT2D eigenvalue weighted by Crippen LogP contribution is -2.21. The lowest BCUT2D eigenvalue weighted by Gasteiger charge is -2.21. The molecule has 0 amide bonds. The first kappa shape index (κ1) is 20.6. The minimum absolute atomic E-state index is 0.158. The molecule has 0 aliphatic heterocycles. The second kappa shape index (κ2) is 9.83. The van der Waals surface area contributed by atoms with E-state index in [2.05, 4.69) is 24.8 Å². The number of unbranched alkanes of at least 4 members (excludes halogenated alkanes) is 1. The monoisotopic (exact) mass is 360 g/mol. The van der Waals surface area contributed by atoms with E-state index in [0.717, 1.165) is 38.5 Å². The van der Waals surface area contributed by atoms with Crippen molar-refractivity contribution in [1.82, 2.24) is 0 Å². The summed E-state index contributed by atoms with van der Waals surface area (Å²) in [6, 6.07) is 0. The van der Waals surface area contributed by atoms with Crippen LogP contribution in [0.2, 0.25) is 0 Å². The summed E-state index contributed by atoms with van der Waals surface area (Å²) in [6.07, 6.45) is 9.51. The fraction of sp³-hybridized carbons (Fsp3) is 0.682. The Hall–Kier alpha value is -1.73. The van der Waals surface area contributed by atoms with Gasteiger partial charge < -0.3 is 15.3 Å². The Morgan fingerprint density at radius 2 is 2.12 bits per heavy atom. The van der Waals surface area contributed by atoms with Gasteiger partial charge in [0.25, 0.3) is 0 Å². The number of fused-ring (bicyclic) bond motifs is 1. The second-order valence-corrected chi connectivity index (χ2v) is 7.91. The Bertz CT molecular complexity index is 607. The standard InChI is InChI=1S/C22H32O4/c1-3-4-7-15(2)10-11-19(23)22-18-13-16(8-5-6-9-21(25)26)12-17(18)14-20(22)24/h8,11,15,17-18,20,22-24H,5-7,9-10,12-14H2,1-2H3,(H,25,26)/b16-8+,19-11+/t15?,17-,18-,20+,22-/m0/s1. The third-order valence-electron chi connectivity index (χ3n) is 5.77. The van der Waals surface area contributed by atoms with Gasteiger partial charge in [0.2, 0.25) is 0 Å².